The number of carboxylic acid groups (broad SMARTS) is 1. The maximum Gasteiger partial charge on any atom is 0.317 e. The molecule has 0 saturated carbocycles. The summed E-state index contributed by atoms with van der Waals surface area (Å²) in [5.74, 6) is -0.736. The molecule has 0 radical (unpaired) electrons. The molecule has 1 N–H and O–H groups in total. The van der Waals surface area contributed by atoms with Gasteiger partial charge >= 0.3 is 5.97 Å². The molecule has 0 fully saturated rings. The zero-order valence-corrected chi connectivity index (χ0v) is 9.87. The first kappa shape index (κ1) is 14.4. The number of hydrogen-bond acceptors (Lipinski definition) is 3. The predicted molar refractivity (Wildman–Crippen MR) is 60.1 cm³/mol. The summed E-state index contributed by atoms with van der Waals surface area (Å²) >= 11 is 0. The molecule has 4 nitrogen and oxygen atoms in total. The summed E-state index contributed by atoms with van der Waals surface area (Å²) in [6, 6.07) is 0. The summed E-state index contributed by atoms with van der Waals surface area (Å²) in [5.41, 5.74) is 0. The predicted octanol–water partition coefficient (Wildman–Crippen LogP) is 1.60. The van der Waals surface area contributed by atoms with Gasteiger partial charge in [0.15, 0.2) is 0 Å². The van der Waals surface area contributed by atoms with E-state index in [1.54, 1.807) is 7.11 Å². The Kier molecular flexibility index (Phi) is 9.52. The SMILES string of the molecule is CCCN(CCCCCOC)CC(=O)O. The molecule has 0 aromatic heterocycles. The standard InChI is InChI=1S/C11H23NO3/c1-3-7-12(10-11(13)14)8-5-4-6-9-15-2/h3-10H2,1-2H3,(H,13,14). The molecule has 0 spiro atoms. The third-order valence-corrected chi connectivity index (χ3v) is 2.22. The fraction of sp³-hybridized carbons (Fsp3) is 0.909. The molecule has 0 unspecified atom stereocenters. The van der Waals surface area contributed by atoms with Gasteiger partial charge in [-0.3, -0.25) is 9.69 Å². The van der Waals surface area contributed by atoms with E-state index in [1.165, 1.54) is 0 Å². The highest BCUT2D eigenvalue weighted by Gasteiger charge is 2.07. The van der Waals surface area contributed by atoms with E-state index in [1.807, 2.05) is 4.90 Å². The van der Waals surface area contributed by atoms with E-state index < -0.39 is 5.97 Å². The van der Waals surface area contributed by atoms with Crippen molar-refractivity contribution in [2.24, 2.45) is 0 Å². The highest BCUT2D eigenvalue weighted by molar-refractivity contribution is 5.69. The number of ether oxygens (including phenoxy) is 1. The average Bonchev–Trinajstić information content (AvgIpc) is 2.17. The number of unbranched alkanes of at least 4 members (excludes halogenated alkanes) is 2. The molecule has 0 aromatic rings. The molecule has 15 heavy (non-hydrogen) atoms. The Morgan fingerprint density at radius 1 is 1.27 bits per heavy atom. The molecule has 0 aromatic carbocycles. The van der Waals surface area contributed by atoms with Crippen LogP contribution >= 0.6 is 0 Å². The second kappa shape index (κ2) is 9.93. The van der Waals surface area contributed by atoms with Gasteiger partial charge in [-0.2, -0.15) is 0 Å². The van der Waals surface area contributed by atoms with Crippen molar-refractivity contribution in [1.82, 2.24) is 4.90 Å². The summed E-state index contributed by atoms with van der Waals surface area (Å²) in [4.78, 5) is 12.6. The molecular formula is C11H23NO3. The summed E-state index contributed by atoms with van der Waals surface area (Å²) in [6.45, 7) is 4.78. The van der Waals surface area contributed by atoms with Gasteiger partial charge in [0.1, 0.15) is 0 Å². The monoisotopic (exact) mass is 217 g/mol. The maximum atomic E-state index is 10.6. The van der Waals surface area contributed by atoms with Crippen molar-refractivity contribution in [3.8, 4) is 0 Å². The van der Waals surface area contributed by atoms with E-state index in [9.17, 15) is 4.79 Å². The zero-order chi connectivity index (χ0) is 11.5. The average molecular weight is 217 g/mol. The molecule has 0 aliphatic heterocycles. The Hall–Kier alpha value is -0.610. The van der Waals surface area contributed by atoms with Crippen molar-refractivity contribution in [1.29, 1.82) is 0 Å². The van der Waals surface area contributed by atoms with Crippen LogP contribution < -0.4 is 0 Å². The van der Waals surface area contributed by atoms with Crippen LogP contribution in [0.15, 0.2) is 0 Å². The third-order valence-electron chi connectivity index (χ3n) is 2.22. The summed E-state index contributed by atoms with van der Waals surface area (Å²) in [5, 5.41) is 8.69. The molecule has 0 atom stereocenters. The van der Waals surface area contributed by atoms with Crippen LogP contribution in [0.4, 0.5) is 0 Å². The lowest BCUT2D eigenvalue weighted by atomic mass is 10.2. The molecule has 0 amide bonds. The maximum absolute atomic E-state index is 10.6. The molecule has 0 aliphatic carbocycles. The number of aliphatic carboxylic acids is 1. The molecular weight excluding hydrogens is 194 g/mol. The minimum absolute atomic E-state index is 0.165. The van der Waals surface area contributed by atoms with Crippen molar-refractivity contribution >= 4 is 5.97 Å². The first-order valence-electron chi connectivity index (χ1n) is 5.63. The first-order chi connectivity index (χ1) is 7.20. The fourth-order valence-corrected chi connectivity index (χ4v) is 1.54. The highest BCUT2D eigenvalue weighted by Crippen LogP contribution is 2.00. The number of carboxylic acids is 1. The van der Waals surface area contributed by atoms with Crippen LogP contribution in [-0.2, 0) is 9.53 Å². The van der Waals surface area contributed by atoms with Crippen LogP contribution in [0.25, 0.3) is 0 Å². The number of carbonyl (C=O) groups is 1. The summed E-state index contributed by atoms with van der Waals surface area (Å²) in [6.07, 6.45) is 4.22. The van der Waals surface area contributed by atoms with Crippen LogP contribution in [-0.4, -0.2) is 49.3 Å². The highest BCUT2D eigenvalue weighted by atomic mass is 16.5. The van der Waals surface area contributed by atoms with Crippen molar-refractivity contribution in [2.75, 3.05) is 33.4 Å². The normalized spacial score (nSPS) is 10.9. The number of hydrogen-bond donors (Lipinski definition) is 1. The first-order valence-corrected chi connectivity index (χ1v) is 5.63. The Bertz CT molecular complexity index is 162. The minimum Gasteiger partial charge on any atom is -0.480 e. The smallest absolute Gasteiger partial charge is 0.317 e. The van der Waals surface area contributed by atoms with Crippen molar-refractivity contribution < 1.29 is 14.6 Å². The van der Waals surface area contributed by atoms with Gasteiger partial charge in [-0.05, 0) is 38.8 Å². The van der Waals surface area contributed by atoms with Crippen molar-refractivity contribution in [3.05, 3.63) is 0 Å². The van der Waals surface area contributed by atoms with E-state index in [4.69, 9.17) is 9.84 Å². The lowest BCUT2D eigenvalue weighted by molar-refractivity contribution is -0.138. The van der Waals surface area contributed by atoms with Gasteiger partial charge in [-0.1, -0.05) is 6.92 Å². The molecule has 0 bridgehead atoms. The third kappa shape index (κ3) is 9.69. The number of methoxy groups -OCH3 is 1. The molecule has 0 aliphatic rings. The van der Waals surface area contributed by atoms with E-state index in [2.05, 4.69) is 6.92 Å². The molecule has 90 valence electrons. The Labute approximate surface area is 92.2 Å². The lowest BCUT2D eigenvalue weighted by Gasteiger charge is -2.18. The molecule has 0 saturated heterocycles. The van der Waals surface area contributed by atoms with Gasteiger partial charge in [0.25, 0.3) is 0 Å². The molecule has 0 heterocycles. The van der Waals surface area contributed by atoms with Crippen LogP contribution in [0.1, 0.15) is 32.6 Å². The largest absolute Gasteiger partial charge is 0.480 e. The quantitative estimate of drug-likeness (QED) is 0.565. The van der Waals surface area contributed by atoms with Gasteiger partial charge in [0.2, 0.25) is 0 Å². The van der Waals surface area contributed by atoms with Crippen LogP contribution in [0.3, 0.4) is 0 Å². The molecule has 0 rings (SSSR count). The summed E-state index contributed by atoms with van der Waals surface area (Å²) < 4.78 is 4.95. The number of nitrogens with zero attached hydrogens (tertiary/aromatic N) is 1. The van der Waals surface area contributed by atoms with Gasteiger partial charge in [-0.15, -0.1) is 0 Å². The number of rotatable bonds is 10. The van der Waals surface area contributed by atoms with E-state index in [0.29, 0.717) is 0 Å². The van der Waals surface area contributed by atoms with Gasteiger partial charge in [0, 0.05) is 13.7 Å². The molecule has 4 heteroatoms. The lowest BCUT2D eigenvalue weighted by Crippen LogP contribution is -2.31. The Morgan fingerprint density at radius 3 is 2.53 bits per heavy atom. The van der Waals surface area contributed by atoms with Crippen LogP contribution in [0.2, 0.25) is 0 Å². The van der Waals surface area contributed by atoms with Crippen molar-refractivity contribution in [2.45, 2.75) is 32.6 Å². The zero-order valence-electron chi connectivity index (χ0n) is 9.87. The topological polar surface area (TPSA) is 49.8 Å². The van der Waals surface area contributed by atoms with Gasteiger partial charge < -0.3 is 9.84 Å². The second-order valence-electron chi connectivity index (χ2n) is 3.72. The Balaban J connectivity index is 3.52. The van der Waals surface area contributed by atoms with Gasteiger partial charge in [0.05, 0.1) is 6.54 Å². The second-order valence-corrected chi connectivity index (χ2v) is 3.72. The van der Waals surface area contributed by atoms with E-state index in [-0.39, 0.29) is 6.54 Å². The fourth-order valence-electron chi connectivity index (χ4n) is 1.54. The van der Waals surface area contributed by atoms with E-state index >= 15 is 0 Å². The van der Waals surface area contributed by atoms with Crippen LogP contribution in [0, 0.1) is 0 Å². The van der Waals surface area contributed by atoms with Crippen LogP contribution in [0.5, 0.6) is 0 Å². The van der Waals surface area contributed by atoms with E-state index in [0.717, 1.165) is 45.4 Å². The minimum atomic E-state index is -0.736. The van der Waals surface area contributed by atoms with Crippen molar-refractivity contribution in [3.63, 3.8) is 0 Å². The summed E-state index contributed by atoms with van der Waals surface area (Å²) in [7, 11) is 1.70. The van der Waals surface area contributed by atoms with Gasteiger partial charge in [-0.25, -0.2) is 0 Å². The Morgan fingerprint density at radius 2 is 2.00 bits per heavy atom.